The van der Waals surface area contributed by atoms with Crippen LogP contribution in [0.3, 0.4) is 0 Å². The molecule has 6 heteroatoms. The van der Waals surface area contributed by atoms with Gasteiger partial charge in [-0.2, -0.15) is 0 Å². The van der Waals surface area contributed by atoms with Crippen molar-refractivity contribution in [3.63, 3.8) is 0 Å². The second kappa shape index (κ2) is 6.50. The number of halogens is 1. The molecule has 0 spiro atoms. The minimum Gasteiger partial charge on any atom is -0.441 e. The number of carbonyl (C=O) groups is 1. The molecule has 3 rings (SSSR count). The summed E-state index contributed by atoms with van der Waals surface area (Å²) in [6.45, 7) is 7.35. The lowest BCUT2D eigenvalue weighted by molar-refractivity contribution is -0.130. The highest BCUT2D eigenvalue weighted by atomic mass is 19.1. The molecule has 1 aromatic heterocycles. The topological polar surface area (TPSA) is 49.6 Å². The zero-order valence-electron chi connectivity index (χ0n) is 13.4. The van der Waals surface area contributed by atoms with Gasteiger partial charge < -0.3 is 9.32 Å². The van der Waals surface area contributed by atoms with Gasteiger partial charge in [0.1, 0.15) is 11.6 Å². The maximum Gasteiger partial charge on any atom is 0.226 e. The van der Waals surface area contributed by atoms with Crippen LogP contribution in [-0.4, -0.2) is 46.9 Å². The maximum atomic E-state index is 13.0. The zero-order valence-corrected chi connectivity index (χ0v) is 13.4. The third kappa shape index (κ3) is 3.59. The van der Waals surface area contributed by atoms with Crippen LogP contribution in [0.4, 0.5) is 4.39 Å². The van der Waals surface area contributed by atoms with Gasteiger partial charge in [0.2, 0.25) is 11.8 Å². The third-order valence-electron chi connectivity index (χ3n) is 4.17. The molecule has 1 fully saturated rings. The van der Waals surface area contributed by atoms with Crippen molar-refractivity contribution in [3.05, 3.63) is 41.5 Å². The number of hydrogen-bond acceptors (Lipinski definition) is 4. The van der Waals surface area contributed by atoms with Gasteiger partial charge in [-0.05, 0) is 31.2 Å². The summed E-state index contributed by atoms with van der Waals surface area (Å²) >= 11 is 0. The first-order valence-electron chi connectivity index (χ1n) is 7.73. The number of hydrogen-bond donors (Lipinski definition) is 0. The predicted octanol–water partition coefficient (Wildman–Crippen LogP) is 2.45. The van der Waals surface area contributed by atoms with Crippen molar-refractivity contribution in [3.8, 4) is 11.5 Å². The minimum atomic E-state index is -0.277. The van der Waals surface area contributed by atoms with Gasteiger partial charge in [0, 0.05) is 45.2 Å². The first kappa shape index (κ1) is 15.7. The minimum absolute atomic E-state index is 0.126. The summed E-state index contributed by atoms with van der Waals surface area (Å²) < 4.78 is 18.7. The molecule has 1 amide bonds. The number of rotatable bonds is 3. The molecule has 1 aliphatic heterocycles. The number of benzene rings is 1. The van der Waals surface area contributed by atoms with Crippen LogP contribution < -0.4 is 0 Å². The Kier molecular flexibility index (Phi) is 4.43. The smallest absolute Gasteiger partial charge is 0.226 e. The molecule has 1 aliphatic rings. The van der Waals surface area contributed by atoms with E-state index in [0.29, 0.717) is 12.4 Å². The maximum absolute atomic E-state index is 13.0. The van der Waals surface area contributed by atoms with Crippen molar-refractivity contribution in [2.75, 3.05) is 26.2 Å². The van der Waals surface area contributed by atoms with Crippen molar-refractivity contribution in [2.24, 2.45) is 0 Å². The van der Waals surface area contributed by atoms with Gasteiger partial charge in [0.25, 0.3) is 0 Å². The number of nitrogens with zero attached hydrogens (tertiary/aromatic N) is 3. The molecular formula is C17H20FN3O2. The monoisotopic (exact) mass is 317 g/mol. The molecule has 2 aromatic rings. The van der Waals surface area contributed by atoms with Crippen molar-refractivity contribution in [2.45, 2.75) is 20.4 Å². The Labute approximate surface area is 134 Å². The van der Waals surface area contributed by atoms with Crippen LogP contribution in [0, 0.1) is 12.7 Å². The standard InChI is InChI=1S/C17H20FN3O2/c1-12-16(11-20-7-9-21(10-8-20)13(2)22)19-17(23-12)14-3-5-15(18)6-4-14/h3-6H,7-11H2,1-2H3. The van der Waals surface area contributed by atoms with E-state index in [9.17, 15) is 9.18 Å². The van der Waals surface area contributed by atoms with Crippen LogP contribution in [0.15, 0.2) is 28.7 Å². The van der Waals surface area contributed by atoms with E-state index in [-0.39, 0.29) is 11.7 Å². The Bertz CT molecular complexity index is 688. The second-order valence-electron chi connectivity index (χ2n) is 5.81. The Morgan fingerprint density at radius 3 is 2.48 bits per heavy atom. The van der Waals surface area contributed by atoms with E-state index in [1.807, 2.05) is 11.8 Å². The molecule has 122 valence electrons. The highest BCUT2D eigenvalue weighted by Crippen LogP contribution is 2.23. The molecule has 2 heterocycles. The molecule has 0 radical (unpaired) electrons. The molecular weight excluding hydrogens is 297 g/mol. The van der Waals surface area contributed by atoms with E-state index in [1.165, 1.54) is 12.1 Å². The number of amides is 1. The highest BCUT2D eigenvalue weighted by molar-refractivity contribution is 5.73. The summed E-state index contributed by atoms with van der Waals surface area (Å²) in [5, 5.41) is 0. The van der Waals surface area contributed by atoms with Gasteiger partial charge in [0.05, 0.1) is 5.69 Å². The molecule has 0 N–H and O–H groups in total. The van der Waals surface area contributed by atoms with Gasteiger partial charge in [-0.15, -0.1) is 0 Å². The average Bonchev–Trinajstić information content (AvgIpc) is 2.89. The van der Waals surface area contributed by atoms with Crippen LogP contribution in [0.1, 0.15) is 18.4 Å². The highest BCUT2D eigenvalue weighted by Gasteiger charge is 2.21. The summed E-state index contributed by atoms with van der Waals surface area (Å²) in [4.78, 5) is 20.0. The fraction of sp³-hybridized carbons (Fsp3) is 0.412. The second-order valence-corrected chi connectivity index (χ2v) is 5.81. The molecule has 5 nitrogen and oxygen atoms in total. The summed E-state index contributed by atoms with van der Waals surface area (Å²) in [6, 6.07) is 6.12. The fourth-order valence-corrected chi connectivity index (χ4v) is 2.72. The van der Waals surface area contributed by atoms with Crippen LogP contribution in [0.5, 0.6) is 0 Å². The lowest BCUT2D eigenvalue weighted by Crippen LogP contribution is -2.47. The van der Waals surface area contributed by atoms with E-state index in [1.54, 1.807) is 19.1 Å². The van der Waals surface area contributed by atoms with Gasteiger partial charge in [0.15, 0.2) is 0 Å². The Balaban J connectivity index is 1.67. The quantitative estimate of drug-likeness (QED) is 0.872. The van der Waals surface area contributed by atoms with Gasteiger partial charge in [-0.1, -0.05) is 0 Å². The Hall–Kier alpha value is -2.21. The van der Waals surface area contributed by atoms with Gasteiger partial charge in [-0.3, -0.25) is 9.69 Å². The Morgan fingerprint density at radius 2 is 1.87 bits per heavy atom. The molecule has 1 saturated heterocycles. The summed E-state index contributed by atoms with van der Waals surface area (Å²) in [7, 11) is 0. The van der Waals surface area contributed by atoms with Crippen LogP contribution in [0.2, 0.25) is 0 Å². The number of oxazole rings is 1. The SMILES string of the molecule is CC(=O)N1CCN(Cc2nc(-c3ccc(F)cc3)oc2C)CC1. The molecule has 0 atom stereocenters. The number of piperazine rings is 1. The first-order valence-corrected chi connectivity index (χ1v) is 7.73. The fourth-order valence-electron chi connectivity index (χ4n) is 2.72. The van der Waals surface area contributed by atoms with Crippen molar-refractivity contribution in [1.29, 1.82) is 0 Å². The van der Waals surface area contributed by atoms with E-state index < -0.39 is 0 Å². The lowest BCUT2D eigenvalue weighted by atomic mass is 10.2. The Morgan fingerprint density at radius 1 is 1.22 bits per heavy atom. The van der Waals surface area contributed by atoms with Crippen LogP contribution in [0.25, 0.3) is 11.5 Å². The molecule has 0 unspecified atom stereocenters. The molecule has 1 aromatic carbocycles. The normalized spacial score (nSPS) is 15.9. The summed E-state index contributed by atoms with van der Waals surface area (Å²) in [5.74, 6) is 1.14. The predicted molar refractivity (Wildman–Crippen MR) is 84.2 cm³/mol. The van der Waals surface area contributed by atoms with Gasteiger partial charge in [-0.25, -0.2) is 9.37 Å². The van der Waals surface area contributed by atoms with E-state index in [2.05, 4.69) is 9.88 Å². The average molecular weight is 317 g/mol. The van der Waals surface area contributed by atoms with E-state index in [0.717, 1.165) is 43.2 Å². The van der Waals surface area contributed by atoms with Crippen LogP contribution >= 0.6 is 0 Å². The van der Waals surface area contributed by atoms with Crippen molar-refractivity contribution < 1.29 is 13.6 Å². The lowest BCUT2D eigenvalue weighted by Gasteiger charge is -2.33. The van der Waals surface area contributed by atoms with Crippen LogP contribution in [-0.2, 0) is 11.3 Å². The number of aryl methyl sites for hydroxylation is 1. The molecule has 0 aliphatic carbocycles. The number of carbonyl (C=O) groups excluding carboxylic acids is 1. The van der Waals surface area contributed by atoms with Crippen molar-refractivity contribution in [1.82, 2.24) is 14.8 Å². The zero-order chi connectivity index (χ0) is 16.4. The largest absolute Gasteiger partial charge is 0.441 e. The summed E-state index contributed by atoms with van der Waals surface area (Å²) in [5.41, 5.74) is 1.66. The number of aromatic nitrogens is 1. The molecule has 0 saturated carbocycles. The van der Waals surface area contributed by atoms with E-state index >= 15 is 0 Å². The molecule has 0 bridgehead atoms. The van der Waals surface area contributed by atoms with Gasteiger partial charge >= 0.3 is 0 Å². The van der Waals surface area contributed by atoms with Crippen molar-refractivity contribution >= 4 is 5.91 Å². The third-order valence-corrected chi connectivity index (χ3v) is 4.17. The summed E-state index contributed by atoms with van der Waals surface area (Å²) in [6.07, 6.45) is 0. The van der Waals surface area contributed by atoms with E-state index in [4.69, 9.17) is 4.42 Å². The first-order chi connectivity index (χ1) is 11.0. The molecule has 23 heavy (non-hydrogen) atoms.